The molecule has 7 nitrogen and oxygen atoms in total. The van der Waals surface area contributed by atoms with E-state index in [2.05, 4.69) is 16.8 Å². The number of hydrogen-bond acceptors (Lipinski definition) is 5. The second-order valence-corrected chi connectivity index (χ2v) is 6.60. The fourth-order valence-electron chi connectivity index (χ4n) is 3.31. The van der Waals surface area contributed by atoms with Gasteiger partial charge in [0.1, 0.15) is 17.9 Å². The summed E-state index contributed by atoms with van der Waals surface area (Å²) in [6.45, 7) is -0.358. The molecule has 0 bridgehead atoms. The molecule has 0 amide bonds. The van der Waals surface area contributed by atoms with Gasteiger partial charge in [-0.2, -0.15) is 0 Å². The zero-order valence-corrected chi connectivity index (χ0v) is 14.8. The number of ether oxygens (including phenoxy) is 1. The maximum atomic E-state index is 12.2. The van der Waals surface area contributed by atoms with Gasteiger partial charge in [0.25, 0.3) is 5.56 Å². The molecule has 1 aliphatic rings. The maximum absolute atomic E-state index is 12.2. The first-order valence-electron chi connectivity index (χ1n) is 8.86. The first kappa shape index (κ1) is 18.2. The van der Waals surface area contributed by atoms with Gasteiger partial charge < -0.3 is 14.9 Å². The molecule has 0 saturated carbocycles. The molecule has 142 valence electrons. The third-order valence-electron chi connectivity index (χ3n) is 4.78. The fraction of sp³-hybridized carbons (Fsp3) is 0.238. The summed E-state index contributed by atoms with van der Waals surface area (Å²) in [7, 11) is 0. The molecule has 4 rings (SSSR count). The number of fused-ring (bicyclic) bond motifs is 1. The Bertz CT molecular complexity index is 1200. The summed E-state index contributed by atoms with van der Waals surface area (Å²) < 4.78 is 6.69. The van der Waals surface area contributed by atoms with E-state index in [0.717, 1.165) is 16.3 Å². The number of hydrogen-bond donors (Lipinski definition) is 3. The van der Waals surface area contributed by atoms with Crippen LogP contribution in [-0.2, 0) is 4.74 Å². The van der Waals surface area contributed by atoms with Crippen LogP contribution in [0.15, 0.2) is 58.3 Å². The van der Waals surface area contributed by atoms with Crippen LogP contribution in [0.1, 0.15) is 23.8 Å². The molecule has 2 heterocycles. The molecule has 0 unspecified atom stereocenters. The lowest BCUT2D eigenvalue weighted by molar-refractivity contribution is -0.0459. The lowest BCUT2D eigenvalue weighted by Gasteiger charge is -2.14. The first-order valence-corrected chi connectivity index (χ1v) is 8.86. The molecule has 7 heteroatoms. The topological polar surface area (TPSA) is 105 Å². The van der Waals surface area contributed by atoms with E-state index in [1.54, 1.807) is 0 Å². The normalized spacial score (nSPS) is 21.4. The first-order chi connectivity index (χ1) is 13.6. The Morgan fingerprint density at radius 3 is 2.64 bits per heavy atom. The average Bonchev–Trinajstić information content (AvgIpc) is 3.07. The average molecular weight is 378 g/mol. The van der Waals surface area contributed by atoms with E-state index >= 15 is 0 Å². The lowest BCUT2D eigenvalue weighted by atomic mass is 10.0. The summed E-state index contributed by atoms with van der Waals surface area (Å²) >= 11 is 0. The highest BCUT2D eigenvalue weighted by atomic mass is 16.5. The minimum atomic E-state index is -0.890. The summed E-state index contributed by atoms with van der Waals surface area (Å²) in [5.41, 5.74) is -0.371. The number of aliphatic hydroxyl groups is 2. The largest absolute Gasteiger partial charge is 0.394 e. The van der Waals surface area contributed by atoms with Crippen molar-refractivity contribution in [3.8, 4) is 11.8 Å². The smallest absolute Gasteiger partial charge is 0.330 e. The summed E-state index contributed by atoms with van der Waals surface area (Å²) in [4.78, 5) is 26.6. The molecule has 28 heavy (non-hydrogen) atoms. The highest BCUT2D eigenvalue weighted by molar-refractivity contribution is 5.88. The van der Waals surface area contributed by atoms with Gasteiger partial charge in [0, 0.05) is 18.2 Å². The van der Waals surface area contributed by atoms with Crippen LogP contribution < -0.4 is 11.2 Å². The second kappa shape index (κ2) is 7.44. The number of nitrogens with one attached hydrogen (secondary N) is 1. The van der Waals surface area contributed by atoms with Gasteiger partial charge in [-0.05, 0) is 16.8 Å². The molecule has 2 aromatic carbocycles. The zero-order chi connectivity index (χ0) is 19.7. The van der Waals surface area contributed by atoms with Crippen molar-refractivity contribution in [2.75, 3.05) is 6.61 Å². The molecule has 1 saturated heterocycles. The Hall–Kier alpha value is -3.18. The number of aromatic amines is 1. The summed E-state index contributed by atoms with van der Waals surface area (Å²) in [6, 6.07) is 13.5. The maximum Gasteiger partial charge on any atom is 0.330 e. The number of aliphatic hydroxyl groups excluding tert-OH is 2. The van der Waals surface area contributed by atoms with Gasteiger partial charge in [-0.15, -0.1) is 0 Å². The summed E-state index contributed by atoms with van der Waals surface area (Å²) in [5, 5.41) is 21.1. The SMILES string of the molecule is O=c1[nH]c(=O)n([C@H]2C[C@H](O)[C@@H](CO)O2)cc1C#Cc1cccc2ccccc12. The molecule has 0 aliphatic carbocycles. The molecule has 1 aromatic heterocycles. The van der Waals surface area contributed by atoms with Crippen LogP contribution in [0.4, 0.5) is 0 Å². The summed E-state index contributed by atoms with van der Waals surface area (Å²) in [5.74, 6) is 5.82. The molecule has 0 spiro atoms. The molecule has 3 atom stereocenters. The van der Waals surface area contributed by atoms with Gasteiger partial charge in [-0.3, -0.25) is 14.3 Å². The third kappa shape index (κ3) is 3.37. The van der Waals surface area contributed by atoms with Crippen molar-refractivity contribution >= 4 is 10.8 Å². The van der Waals surface area contributed by atoms with E-state index < -0.39 is 29.7 Å². The highest BCUT2D eigenvalue weighted by Gasteiger charge is 2.35. The van der Waals surface area contributed by atoms with Crippen LogP contribution in [0.3, 0.4) is 0 Å². The lowest BCUT2D eigenvalue weighted by Crippen LogP contribution is -2.33. The monoisotopic (exact) mass is 378 g/mol. The van der Waals surface area contributed by atoms with Crippen molar-refractivity contribution in [3.05, 3.63) is 80.6 Å². The van der Waals surface area contributed by atoms with Crippen LogP contribution in [0.2, 0.25) is 0 Å². The predicted molar refractivity (Wildman–Crippen MR) is 103 cm³/mol. The van der Waals surface area contributed by atoms with Crippen molar-refractivity contribution in [2.24, 2.45) is 0 Å². The van der Waals surface area contributed by atoms with Gasteiger partial charge in [-0.1, -0.05) is 48.2 Å². The standard InChI is InChI=1S/C21H18N2O5/c24-12-18-17(25)10-19(28-18)23-11-15(20(26)22-21(23)27)9-8-14-6-3-5-13-4-1-2-7-16(13)14/h1-7,11,17-19,24-25H,10,12H2,(H,22,26,27)/t17-,18+,19+/m0/s1. The second-order valence-electron chi connectivity index (χ2n) is 6.60. The van der Waals surface area contributed by atoms with E-state index in [4.69, 9.17) is 4.74 Å². The number of benzene rings is 2. The van der Waals surface area contributed by atoms with Crippen LogP contribution in [0.5, 0.6) is 0 Å². The quantitative estimate of drug-likeness (QED) is 0.571. The van der Waals surface area contributed by atoms with E-state index in [9.17, 15) is 19.8 Å². The summed E-state index contributed by atoms with van der Waals surface area (Å²) in [6.07, 6.45) is -0.980. The Morgan fingerprint density at radius 2 is 1.86 bits per heavy atom. The molecular weight excluding hydrogens is 360 g/mol. The molecule has 0 radical (unpaired) electrons. The fourth-order valence-corrected chi connectivity index (χ4v) is 3.31. The predicted octanol–water partition coefficient (Wildman–Crippen LogP) is 0.730. The number of nitrogens with zero attached hydrogens (tertiary/aromatic N) is 1. The van der Waals surface area contributed by atoms with Crippen LogP contribution in [-0.4, -0.2) is 38.6 Å². The van der Waals surface area contributed by atoms with Crippen molar-refractivity contribution < 1.29 is 14.9 Å². The number of aromatic nitrogens is 2. The Labute approximate surface area is 159 Å². The Balaban J connectivity index is 1.73. The van der Waals surface area contributed by atoms with E-state index in [0.29, 0.717) is 0 Å². The van der Waals surface area contributed by atoms with Crippen molar-refractivity contribution in [3.63, 3.8) is 0 Å². The zero-order valence-electron chi connectivity index (χ0n) is 14.8. The van der Waals surface area contributed by atoms with Gasteiger partial charge in [-0.25, -0.2) is 4.79 Å². The highest BCUT2D eigenvalue weighted by Crippen LogP contribution is 2.27. The van der Waals surface area contributed by atoms with Gasteiger partial charge in [0.05, 0.1) is 12.7 Å². The van der Waals surface area contributed by atoms with Crippen LogP contribution in [0, 0.1) is 11.8 Å². The van der Waals surface area contributed by atoms with Gasteiger partial charge >= 0.3 is 5.69 Å². The van der Waals surface area contributed by atoms with E-state index in [-0.39, 0.29) is 18.6 Å². The van der Waals surface area contributed by atoms with Crippen molar-refractivity contribution in [1.82, 2.24) is 9.55 Å². The number of H-pyrrole nitrogens is 1. The van der Waals surface area contributed by atoms with E-state index in [1.807, 2.05) is 42.5 Å². The Kier molecular flexibility index (Phi) is 4.84. The molecule has 1 aliphatic heterocycles. The molecular formula is C21H18N2O5. The van der Waals surface area contributed by atoms with Crippen LogP contribution in [0.25, 0.3) is 10.8 Å². The molecule has 1 fully saturated rings. The van der Waals surface area contributed by atoms with Crippen molar-refractivity contribution in [1.29, 1.82) is 0 Å². The third-order valence-corrected chi connectivity index (χ3v) is 4.78. The van der Waals surface area contributed by atoms with Crippen LogP contribution >= 0.6 is 0 Å². The van der Waals surface area contributed by atoms with Crippen molar-refractivity contribution in [2.45, 2.75) is 24.9 Å². The van der Waals surface area contributed by atoms with Gasteiger partial charge in [0.2, 0.25) is 0 Å². The number of rotatable bonds is 2. The minimum Gasteiger partial charge on any atom is -0.394 e. The van der Waals surface area contributed by atoms with E-state index in [1.165, 1.54) is 10.8 Å². The minimum absolute atomic E-state index is 0.109. The van der Waals surface area contributed by atoms with Gasteiger partial charge in [0.15, 0.2) is 0 Å². The Morgan fingerprint density at radius 1 is 1.11 bits per heavy atom. The molecule has 3 aromatic rings. The molecule has 3 N–H and O–H groups in total.